The number of halogens is 2. The van der Waals surface area contributed by atoms with Crippen molar-refractivity contribution < 1.29 is 8.42 Å². The van der Waals surface area contributed by atoms with Crippen LogP contribution in [-0.4, -0.2) is 46.6 Å². The predicted octanol–water partition coefficient (Wildman–Crippen LogP) is 2.72. The maximum Gasteiger partial charge on any atom is 0.262 e. The first-order valence-electron chi connectivity index (χ1n) is 6.81. The number of aromatic nitrogens is 2. The van der Waals surface area contributed by atoms with Crippen LogP contribution in [0.4, 0.5) is 17.5 Å². The zero-order chi connectivity index (χ0) is 18.1. The maximum atomic E-state index is 12.6. The van der Waals surface area contributed by atoms with Crippen LogP contribution < -0.4 is 14.5 Å². The van der Waals surface area contributed by atoms with Crippen LogP contribution >= 0.6 is 23.2 Å². The third-order valence-corrected chi connectivity index (χ3v) is 5.13. The second-order valence-electron chi connectivity index (χ2n) is 5.38. The molecule has 0 spiro atoms. The number of hydrogen-bond acceptors (Lipinski definition) is 6. The third-order valence-electron chi connectivity index (χ3n) is 3.03. The standard InChI is InChI=1S/C14H17Cl2N5O2S/c1-20(2)13-12(8-17-14(18-13)21(3)4)19-24(22,23)9-5-6-10(15)11(16)7-9/h5-8,19H,1-4H3. The normalized spacial score (nSPS) is 11.2. The molecule has 0 saturated carbocycles. The molecule has 0 bridgehead atoms. The van der Waals surface area contributed by atoms with E-state index in [4.69, 9.17) is 23.2 Å². The Morgan fingerprint density at radius 3 is 2.25 bits per heavy atom. The van der Waals surface area contributed by atoms with E-state index in [1.54, 1.807) is 38.0 Å². The molecule has 2 rings (SSSR count). The molecule has 0 unspecified atom stereocenters. The summed E-state index contributed by atoms with van der Waals surface area (Å²) in [6, 6.07) is 4.09. The van der Waals surface area contributed by atoms with Crippen molar-refractivity contribution in [1.82, 2.24) is 9.97 Å². The SMILES string of the molecule is CN(C)c1ncc(NS(=O)(=O)c2ccc(Cl)c(Cl)c2)c(N(C)C)n1. The van der Waals surface area contributed by atoms with Gasteiger partial charge in [0.1, 0.15) is 5.69 Å². The third kappa shape index (κ3) is 4.00. The highest BCUT2D eigenvalue weighted by Gasteiger charge is 2.20. The van der Waals surface area contributed by atoms with Gasteiger partial charge in [-0.3, -0.25) is 4.72 Å². The summed E-state index contributed by atoms with van der Waals surface area (Å²) in [4.78, 5) is 11.9. The first-order valence-corrected chi connectivity index (χ1v) is 9.05. The topological polar surface area (TPSA) is 78.4 Å². The van der Waals surface area contributed by atoms with Crippen molar-refractivity contribution in [1.29, 1.82) is 0 Å². The zero-order valence-electron chi connectivity index (χ0n) is 13.6. The number of benzene rings is 1. The molecular weight excluding hydrogens is 373 g/mol. The molecule has 0 saturated heterocycles. The Morgan fingerprint density at radius 2 is 1.71 bits per heavy atom. The Morgan fingerprint density at radius 1 is 1.04 bits per heavy atom. The van der Waals surface area contributed by atoms with E-state index < -0.39 is 10.0 Å². The monoisotopic (exact) mass is 389 g/mol. The number of nitrogens with one attached hydrogen (secondary N) is 1. The van der Waals surface area contributed by atoms with Gasteiger partial charge in [-0.15, -0.1) is 0 Å². The second kappa shape index (κ2) is 7.00. The Bertz CT molecular complexity index is 856. The van der Waals surface area contributed by atoms with Gasteiger partial charge >= 0.3 is 0 Å². The fourth-order valence-corrected chi connectivity index (χ4v) is 3.27. The predicted molar refractivity (Wildman–Crippen MR) is 98.0 cm³/mol. The van der Waals surface area contributed by atoms with Crippen molar-refractivity contribution in [2.45, 2.75) is 4.90 Å². The summed E-state index contributed by atoms with van der Waals surface area (Å²) in [7, 11) is 3.27. The van der Waals surface area contributed by atoms with Crippen molar-refractivity contribution >= 4 is 50.7 Å². The molecule has 24 heavy (non-hydrogen) atoms. The minimum absolute atomic E-state index is 0.00158. The van der Waals surface area contributed by atoms with E-state index in [0.717, 1.165) is 0 Å². The van der Waals surface area contributed by atoms with Crippen molar-refractivity contribution in [3.05, 3.63) is 34.4 Å². The average Bonchev–Trinajstić information content (AvgIpc) is 2.49. The Labute approximate surface area is 151 Å². The zero-order valence-corrected chi connectivity index (χ0v) is 15.9. The van der Waals surface area contributed by atoms with Gasteiger partial charge in [0, 0.05) is 28.2 Å². The van der Waals surface area contributed by atoms with E-state index in [0.29, 0.717) is 11.8 Å². The minimum Gasteiger partial charge on any atom is -0.361 e. The van der Waals surface area contributed by atoms with Gasteiger partial charge in [0.25, 0.3) is 10.0 Å². The van der Waals surface area contributed by atoms with Gasteiger partial charge in [0.2, 0.25) is 5.95 Å². The lowest BCUT2D eigenvalue weighted by Gasteiger charge is -2.19. The highest BCUT2D eigenvalue weighted by atomic mass is 35.5. The molecule has 2 aromatic rings. The molecule has 10 heteroatoms. The van der Waals surface area contributed by atoms with Gasteiger partial charge in [0.05, 0.1) is 21.1 Å². The van der Waals surface area contributed by atoms with Crippen LogP contribution in [0.3, 0.4) is 0 Å². The fraction of sp³-hybridized carbons (Fsp3) is 0.286. The molecule has 7 nitrogen and oxygen atoms in total. The van der Waals surface area contributed by atoms with Crippen LogP contribution in [0.2, 0.25) is 10.0 Å². The highest BCUT2D eigenvalue weighted by molar-refractivity contribution is 7.92. The summed E-state index contributed by atoms with van der Waals surface area (Å²) in [5, 5.41) is 0.440. The molecule has 0 radical (unpaired) electrons. The number of hydrogen-bond donors (Lipinski definition) is 1. The van der Waals surface area contributed by atoms with Crippen molar-refractivity contribution in [3.8, 4) is 0 Å². The largest absolute Gasteiger partial charge is 0.361 e. The van der Waals surface area contributed by atoms with E-state index in [2.05, 4.69) is 14.7 Å². The van der Waals surface area contributed by atoms with E-state index >= 15 is 0 Å². The Kier molecular flexibility index (Phi) is 5.42. The van der Waals surface area contributed by atoms with Crippen LogP contribution in [0.5, 0.6) is 0 Å². The minimum atomic E-state index is -3.86. The first kappa shape index (κ1) is 18.6. The van der Waals surface area contributed by atoms with Crippen molar-refractivity contribution in [2.24, 2.45) is 0 Å². The smallest absolute Gasteiger partial charge is 0.262 e. The Hall–Kier alpha value is -1.77. The van der Waals surface area contributed by atoms with Gasteiger partial charge in [-0.05, 0) is 18.2 Å². The molecule has 1 aromatic carbocycles. The summed E-state index contributed by atoms with van der Waals surface area (Å²) in [5.41, 5.74) is 0.261. The number of anilines is 3. The second-order valence-corrected chi connectivity index (χ2v) is 7.87. The summed E-state index contributed by atoms with van der Waals surface area (Å²) >= 11 is 11.7. The molecular formula is C14H17Cl2N5O2S. The maximum absolute atomic E-state index is 12.6. The Balaban J connectivity index is 2.43. The molecule has 1 N–H and O–H groups in total. The van der Waals surface area contributed by atoms with Gasteiger partial charge in [-0.25, -0.2) is 13.4 Å². The molecule has 130 valence electrons. The van der Waals surface area contributed by atoms with Crippen molar-refractivity contribution in [3.63, 3.8) is 0 Å². The van der Waals surface area contributed by atoms with Gasteiger partial charge in [-0.2, -0.15) is 4.98 Å². The molecule has 0 aliphatic rings. The van der Waals surface area contributed by atoms with Crippen LogP contribution in [-0.2, 0) is 10.0 Å². The number of nitrogens with zero attached hydrogens (tertiary/aromatic N) is 4. The summed E-state index contributed by atoms with van der Waals surface area (Å²) in [6.07, 6.45) is 1.42. The van der Waals surface area contributed by atoms with Crippen LogP contribution in [0.25, 0.3) is 0 Å². The van der Waals surface area contributed by atoms with Crippen molar-refractivity contribution in [2.75, 3.05) is 42.7 Å². The van der Waals surface area contributed by atoms with E-state index in [-0.39, 0.29) is 20.6 Å². The van der Waals surface area contributed by atoms with Gasteiger partial charge in [0.15, 0.2) is 5.82 Å². The quantitative estimate of drug-likeness (QED) is 0.846. The molecule has 0 atom stereocenters. The lowest BCUT2D eigenvalue weighted by molar-refractivity contribution is 0.601. The number of sulfonamides is 1. The van der Waals surface area contributed by atoms with Gasteiger partial charge in [-0.1, -0.05) is 23.2 Å². The fourth-order valence-electron chi connectivity index (χ4n) is 1.84. The lowest BCUT2D eigenvalue weighted by Crippen LogP contribution is -2.21. The van der Waals surface area contributed by atoms with Gasteiger partial charge < -0.3 is 9.80 Å². The molecule has 1 aromatic heterocycles. The van der Waals surface area contributed by atoms with E-state index in [1.807, 2.05) is 0 Å². The molecule has 0 aliphatic carbocycles. The molecule has 0 fully saturated rings. The van der Waals surface area contributed by atoms with E-state index in [9.17, 15) is 8.42 Å². The highest BCUT2D eigenvalue weighted by Crippen LogP contribution is 2.28. The van der Waals surface area contributed by atoms with Crippen LogP contribution in [0, 0.1) is 0 Å². The average molecular weight is 390 g/mol. The first-order chi connectivity index (χ1) is 11.1. The van der Waals surface area contributed by atoms with Crippen LogP contribution in [0.15, 0.2) is 29.3 Å². The summed E-state index contributed by atoms with van der Waals surface area (Å²) in [5.74, 6) is 0.911. The summed E-state index contributed by atoms with van der Waals surface area (Å²) < 4.78 is 27.6. The van der Waals surface area contributed by atoms with Crippen LogP contribution in [0.1, 0.15) is 0 Å². The molecule has 0 aliphatic heterocycles. The van der Waals surface area contributed by atoms with E-state index in [1.165, 1.54) is 24.4 Å². The molecule has 1 heterocycles. The molecule has 0 amide bonds. The lowest BCUT2D eigenvalue weighted by atomic mass is 10.4. The number of rotatable bonds is 5. The summed E-state index contributed by atoms with van der Waals surface area (Å²) in [6.45, 7) is 0.